The molecule has 1 aromatic rings. The molecule has 0 radical (unpaired) electrons. The Labute approximate surface area is 114 Å². The van der Waals surface area contributed by atoms with Gasteiger partial charge in [0.1, 0.15) is 0 Å². The van der Waals surface area contributed by atoms with E-state index in [9.17, 15) is 4.79 Å². The fourth-order valence-electron chi connectivity index (χ4n) is 2.55. The first-order valence-corrected chi connectivity index (χ1v) is 7.05. The Balaban J connectivity index is 2.03. The van der Waals surface area contributed by atoms with E-state index >= 15 is 0 Å². The van der Waals surface area contributed by atoms with Gasteiger partial charge in [-0.15, -0.1) is 10.2 Å². The number of carbonyl (C=O) groups excluding carboxylic acids is 1. The summed E-state index contributed by atoms with van der Waals surface area (Å²) in [5.41, 5.74) is 0.368. The van der Waals surface area contributed by atoms with Crippen LogP contribution in [0.2, 0.25) is 0 Å². The quantitative estimate of drug-likeness (QED) is 0.903. The van der Waals surface area contributed by atoms with Gasteiger partial charge in [0.25, 0.3) is 5.91 Å². The maximum absolute atomic E-state index is 11.4. The Kier molecular flexibility index (Phi) is 4.71. The van der Waals surface area contributed by atoms with Crippen LogP contribution in [-0.4, -0.2) is 36.2 Å². The van der Waals surface area contributed by atoms with E-state index in [-0.39, 0.29) is 5.91 Å². The molecule has 0 saturated carbocycles. The SMILES string of the molecule is CCC1CCCN(c2ccc(C(=O)NC)nn2)CC1. The van der Waals surface area contributed by atoms with Crippen LogP contribution in [0.1, 0.15) is 43.1 Å². The average molecular weight is 262 g/mol. The van der Waals surface area contributed by atoms with Crippen LogP contribution in [0.3, 0.4) is 0 Å². The number of rotatable bonds is 3. The summed E-state index contributed by atoms with van der Waals surface area (Å²) in [7, 11) is 1.59. The zero-order valence-corrected chi connectivity index (χ0v) is 11.7. The second-order valence-corrected chi connectivity index (χ2v) is 5.05. The molecule has 1 aliphatic heterocycles. The standard InChI is InChI=1S/C14H22N4O/c1-3-11-5-4-9-18(10-8-11)13-7-6-12(16-17-13)14(19)15-2/h6-7,11H,3-5,8-10H2,1-2H3,(H,15,19). The maximum Gasteiger partial charge on any atom is 0.271 e. The van der Waals surface area contributed by atoms with Crippen molar-refractivity contribution in [3.63, 3.8) is 0 Å². The molecule has 1 N–H and O–H groups in total. The van der Waals surface area contributed by atoms with Crippen LogP contribution in [0.25, 0.3) is 0 Å². The van der Waals surface area contributed by atoms with Crippen molar-refractivity contribution in [1.82, 2.24) is 15.5 Å². The van der Waals surface area contributed by atoms with E-state index in [4.69, 9.17) is 0 Å². The van der Waals surface area contributed by atoms with Crippen LogP contribution in [0.4, 0.5) is 5.82 Å². The highest BCUT2D eigenvalue weighted by atomic mass is 16.1. The van der Waals surface area contributed by atoms with E-state index in [0.717, 1.165) is 24.8 Å². The monoisotopic (exact) mass is 262 g/mol. The highest BCUT2D eigenvalue weighted by molar-refractivity contribution is 5.91. The highest BCUT2D eigenvalue weighted by Crippen LogP contribution is 2.22. The zero-order chi connectivity index (χ0) is 13.7. The van der Waals surface area contributed by atoms with Gasteiger partial charge in [-0.2, -0.15) is 0 Å². The molecule has 1 amide bonds. The minimum atomic E-state index is -0.194. The van der Waals surface area contributed by atoms with E-state index in [1.165, 1.54) is 25.7 Å². The molecule has 0 aliphatic carbocycles. The predicted octanol–water partition coefficient (Wildman–Crippen LogP) is 1.85. The molecule has 2 heterocycles. The third kappa shape index (κ3) is 3.43. The van der Waals surface area contributed by atoms with Gasteiger partial charge in [-0.1, -0.05) is 13.3 Å². The van der Waals surface area contributed by atoms with Crippen LogP contribution in [0, 0.1) is 5.92 Å². The van der Waals surface area contributed by atoms with Crippen molar-refractivity contribution < 1.29 is 4.79 Å². The number of amides is 1. The summed E-state index contributed by atoms with van der Waals surface area (Å²) in [4.78, 5) is 13.7. The molecule has 0 spiro atoms. The van der Waals surface area contributed by atoms with E-state index in [1.54, 1.807) is 13.1 Å². The summed E-state index contributed by atoms with van der Waals surface area (Å²) in [6.45, 7) is 4.33. The molecular formula is C14H22N4O. The number of anilines is 1. The summed E-state index contributed by atoms with van der Waals surface area (Å²) in [6, 6.07) is 3.63. The number of nitrogens with zero attached hydrogens (tertiary/aromatic N) is 3. The Hall–Kier alpha value is -1.65. The van der Waals surface area contributed by atoms with Crippen molar-refractivity contribution in [2.45, 2.75) is 32.6 Å². The van der Waals surface area contributed by atoms with Crippen LogP contribution < -0.4 is 10.2 Å². The van der Waals surface area contributed by atoms with Crippen molar-refractivity contribution in [2.24, 2.45) is 5.92 Å². The summed E-state index contributed by atoms with van der Waals surface area (Å²) >= 11 is 0. The van der Waals surface area contributed by atoms with Crippen molar-refractivity contribution in [3.8, 4) is 0 Å². The molecule has 1 atom stereocenters. The van der Waals surface area contributed by atoms with Gasteiger partial charge in [0.2, 0.25) is 0 Å². The Bertz CT molecular complexity index is 418. The molecule has 1 aliphatic rings. The van der Waals surface area contributed by atoms with Crippen molar-refractivity contribution in [1.29, 1.82) is 0 Å². The molecule has 5 nitrogen and oxygen atoms in total. The van der Waals surface area contributed by atoms with E-state index < -0.39 is 0 Å². The van der Waals surface area contributed by atoms with Crippen molar-refractivity contribution >= 4 is 11.7 Å². The third-order valence-electron chi connectivity index (χ3n) is 3.86. The van der Waals surface area contributed by atoms with Gasteiger partial charge in [-0.05, 0) is 37.3 Å². The minimum Gasteiger partial charge on any atom is -0.355 e. The van der Waals surface area contributed by atoms with Gasteiger partial charge in [0.15, 0.2) is 11.5 Å². The van der Waals surface area contributed by atoms with Gasteiger partial charge in [-0.3, -0.25) is 4.79 Å². The summed E-state index contributed by atoms with van der Waals surface area (Å²) in [5.74, 6) is 1.52. The molecule has 19 heavy (non-hydrogen) atoms. The van der Waals surface area contributed by atoms with Crippen LogP contribution in [0.5, 0.6) is 0 Å². The van der Waals surface area contributed by atoms with Crippen LogP contribution >= 0.6 is 0 Å². The smallest absolute Gasteiger partial charge is 0.271 e. The van der Waals surface area contributed by atoms with E-state index in [0.29, 0.717) is 5.69 Å². The Morgan fingerprint density at radius 1 is 1.37 bits per heavy atom. The highest BCUT2D eigenvalue weighted by Gasteiger charge is 2.17. The number of carbonyl (C=O) groups is 1. The van der Waals surface area contributed by atoms with E-state index in [1.807, 2.05) is 6.07 Å². The third-order valence-corrected chi connectivity index (χ3v) is 3.86. The van der Waals surface area contributed by atoms with Gasteiger partial charge >= 0.3 is 0 Å². The fourth-order valence-corrected chi connectivity index (χ4v) is 2.55. The number of hydrogen-bond donors (Lipinski definition) is 1. The largest absolute Gasteiger partial charge is 0.355 e. The lowest BCUT2D eigenvalue weighted by atomic mass is 9.98. The first-order chi connectivity index (χ1) is 9.24. The molecule has 104 valence electrons. The fraction of sp³-hybridized carbons (Fsp3) is 0.643. The molecule has 1 fully saturated rings. The maximum atomic E-state index is 11.4. The van der Waals surface area contributed by atoms with Crippen LogP contribution in [-0.2, 0) is 0 Å². The van der Waals surface area contributed by atoms with Gasteiger partial charge < -0.3 is 10.2 Å². The Morgan fingerprint density at radius 2 is 2.21 bits per heavy atom. The molecule has 1 aromatic heterocycles. The van der Waals surface area contributed by atoms with Crippen molar-refractivity contribution in [2.75, 3.05) is 25.0 Å². The number of nitrogens with one attached hydrogen (secondary N) is 1. The normalized spacial score (nSPS) is 19.9. The minimum absolute atomic E-state index is 0.194. The summed E-state index contributed by atoms with van der Waals surface area (Å²) in [6.07, 6.45) is 4.98. The second kappa shape index (κ2) is 6.50. The molecule has 1 unspecified atom stereocenters. The lowest BCUT2D eigenvalue weighted by molar-refractivity contribution is 0.0957. The topological polar surface area (TPSA) is 58.1 Å². The van der Waals surface area contributed by atoms with Gasteiger partial charge in [0, 0.05) is 20.1 Å². The molecule has 1 saturated heterocycles. The first kappa shape index (κ1) is 13.8. The Morgan fingerprint density at radius 3 is 2.84 bits per heavy atom. The van der Waals surface area contributed by atoms with Crippen molar-refractivity contribution in [3.05, 3.63) is 17.8 Å². The van der Waals surface area contributed by atoms with E-state index in [2.05, 4.69) is 27.3 Å². The number of hydrogen-bond acceptors (Lipinski definition) is 4. The van der Waals surface area contributed by atoms with Gasteiger partial charge in [-0.25, -0.2) is 0 Å². The molecule has 5 heteroatoms. The summed E-state index contributed by atoms with van der Waals surface area (Å²) < 4.78 is 0. The van der Waals surface area contributed by atoms with Crippen LogP contribution in [0.15, 0.2) is 12.1 Å². The average Bonchev–Trinajstić information content (AvgIpc) is 2.72. The predicted molar refractivity (Wildman–Crippen MR) is 75.3 cm³/mol. The first-order valence-electron chi connectivity index (χ1n) is 7.05. The zero-order valence-electron chi connectivity index (χ0n) is 11.7. The molecule has 2 rings (SSSR count). The second-order valence-electron chi connectivity index (χ2n) is 5.05. The molecule has 0 aromatic carbocycles. The lowest BCUT2D eigenvalue weighted by Gasteiger charge is -2.21. The van der Waals surface area contributed by atoms with Gasteiger partial charge in [0.05, 0.1) is 0 Å². The summed E-state index contributed by atoms with van der Waals surface area (Å²) in [5, 5.41) is 10.7. The molecule has 0 bridgehead atoms. The number of aromatic nitrogens is 2. The lowest BCUT2D eigenvalue weighted by Crippen LogP contribution is -2.26. The molecular weight excluding hydrogens is 240 g/mol.